The van der Waals surface area contributed by atoms with E-state index >= 15 is 0 Å². The van der Waals surface area contributed by atoms with Crippen molar-refractivity contribution in [2.45, 2.75) is 19.3 Å². The number of nitrogens with zero attached hydrogens (tertiary/aromatic N) is 1. The Hall–Kier alpha value is -1.27. The summed E-state index contributed by atoms with van der Waals surface area (Å²) in [6, 6.07) is 4.56. The minimum Gasteiger partial charge on any atom is -0.339 e. The Morgan fingerprint density at radius 2 is 1.90 bits per heavy atom. The Bertz CT molecular complexity index is 610. The zero-order valence-electron chi connectivity index (χ0n) is 11.2. The molecule has 1 saturated heterocycles. The molecule has 1 aromatic carbocycles. The number of nitrogens with one attached hydrogen (secondary N) is 1. The lowest BCUT2D eigenvalue weighted by Gasteiger charge is -2.27. The molecule has 1 N–H and O–H groups in total. The lowest BCUT2D eigenvalue weighted by Crippen LogP contribution is -2.35. The van der Waals surface area contributed by atoms with Gasteiger partial charge in [0, 0.05) is 18.8 Å². The molecule has 2 rings (SSSR count). The minimum absolute atomic E-state index is 0.146. The van der Waals surface area contributed by atoms with Crippen molar-refractivity contribution in [1.82, 2.24) is 4.90 Å². The average Bonchev–Trinajstić information content (AvgIpc) is 2.40. The van der Waals surface area contributed by atoms with Crippen LogP contribution in [0.5, 0.6) is 0 Å². The molecule has 5 nitrogen and oxygen atoms in total. The van der Waals surface area contributed by atoms with Crippen LogP contribution in [0, 0.1) is 0 Å². The number of piperidine rings is 1. The van der Waals surface area contributed by atoms with E-state index in [1.165, 1.54) is 18.2 Å². The number of hydrogen-bond donors (Lipinski definition) is 1. The highest BCUT2D eigenvalue weighted by Crippen LogP contribution is 2.24. The summed E-state index contributed by atoms with van der Waals surface area (Å²) in [4.78, 5) is 14.2. The van der Waals surface area contributed by atoms with Gasteiger partial charge in [0.25, 0.3) is 5.91 Å². The van der Waals surface area contributed by atoms with Crippen LogP contribution in [0.25, 0.3) is 0 Å². The van der Waals surface area contributed by atoms with Gasteiger partial charge in [0.05, 0.1) is 16.8 Å². The fourth-order valence-electron chi connectivity index (χ4n) is 2.23. The number of halogens is 1. The molecule has 0 atom stereocenters. The van der Waals surface area contributed by atoms with Crippen LogP contribution in [0.2, 0.25) is 5.02 Å². The Morgan fingerprint density at radius 1 is 1.25 bits per heavy atom. The second-order valence-electron chi connectivity index (χ2n) is 4.92. The third-order valence-electron chi connectivity index (χ3n) is 3.14. The van der Waals surface area contributed by atoms with E-state index in [1.807, 2.05) is 0 Å². The molecule has 1 amide bonds. The van der Waals surface area contributed by atoms with E-state index in [4.69, 9.17) is 11.6 Å². The molecule has 7 heteroatoms. The second kappa shape index (κ2) is 6.01. The number of carbonyl (C=O) groups is 1. The van der Waals surface area contributed by atoms with Crippen LogP contribution >= 0.6 is 11.6 Å². The normalized spacial score (nSPS) is 16.0. The number of amides is 1. The number of benzene rings is 1. The van der Waals surface area contributed by atoms with Gasteiger partial charge in [-0.1, -0.05) is 11.6 Å². The summed E-state index contributed by atoms with van der Waals surface area (Å²) in [5.41, 5.74) is 0.680. The van der Waals surface area contributed by atoms with Gasteiger partial charge in [-0.05, 0) is 37.5 Å². The summed E-state index contributed by atoms with van der Waals surface area (Å²) in [7, 11) is -3.38. The molecule has 1 fully saturated rings. The number of likely N-dealkylation sites (tertiary alicyclic amines) is 1. The van der Waals surface area contributed by atoms with E-state index in [1.54, 1.807) is 4.90 Å². The van der Waals surface area contributed by atoms with Crippen molar-refractivity contribution in [3.05, 3.63) is 28.8 Å². The summed E-state index contributed by atoms with van der Waals surface area (Å²) >= 11 is 6.06. The molecular formula is C13H17ClN2O3S. The van der Waals surface area contributed by atoms with Gasteiger partial charge in [-0.2, -0.15) is 0 Å². The predicted molar refractivity (Wildman–Crippen MR) is 79.7 cm³/mol. The van der Waals surface area contributed by atoms with Crippen LogP contribution < -0.4 is 4.72 Å². The predicted octanol–water partition coefficient (Wildman–Crippen LogP) is 2.34. The number of anilines is 1. The first-order chi connectivity index (χ1) is 9.37. The van der Waals surface area contributed by atoms with E-state index in [-0.39, 0.29) is 5.91 Å². The zero-order valence-corrected chi connectivity index (χ0v) is 12.8. The molecule has 20 heavy (non-hydrogen) atoms. The fourth-order valence-corrected chi connectivity index (χ4v) is 2.99. The van der Waals surface area contributed by atoms with E-state index in [0.29, 0.717) is 16.3 Å². The lowest BCUT2D eigenvalue weighted by molar-refractivity contribution is 0.0724. The van der Waals surface area contributed by atoms with Crippen LogP contribution in [-0.4, -0.2) is 38.6 Å². The monoisotopic (exact) mass is 316 g/mol. The van der Waals surface area contributed by atoms with Crippen molar-refractivity contribution in [3.63, 3.8) is 0 Å². The van der Waals surface area contributed by atoms with Gasteiger partial charge in [-0.3, -0.25) is 9.52 Å². The molecule has 0 bridgehead atoms. The van der Waals surface area contributed by atoms with Gasteiger partial charge < -0.3 is 4.90 Å². The first kappa shape index (κ1) is 15.1. The first-order valence-electron chi connectivity index (χ1n) is 6.43. The molecule has 0 radical (unpaired) electrons. The summed E-state index contributed by atoms with van der Waals surface area (Å²) in [5, 5.41) is 0.333. The summed E-state index contributed by atoms with van der Waals surface area (Å²) < 4.78 is 24.8. The molecule has 1 aromatic rings. The van der Waals surface area contributed by atoms with Gasteiger partial charge in [-0.15, -0.1) is 0 Å². The second-order valence-corrected chi connectivity index (χ2v) is 7.08. The highest BCUT2D eigenvalue weighted by molar-refractivity contribution is 7.92. The summed E-state index contributed by atoms with van der Waals surface area (Å²) in [6.45, 7) is 1.44. The van der Waals surface area contributed by atoms with Crippen molar-refractivity contribution in [1.29, 1.82) is 0 Å². The minimum atomic E-state index is -3.38. The molecule has 1 aliphatic rings. The largest absolute Gasteiger partial charge is 0.339 e. The van der Waals surface area contributed by atoms with Crippen LogP contribution in [0.4, 0.5) is 5.69 Å². The van der Waals surface area contributed by atoms with Crippen LogP contribution in [-0.2, 0) is 10.0 Å². The van der Waals surface area contributed by atoms with Crippen molar-refractivity contribution >= 4 is 33.2 Å². The molecule has 0 spiro atoms. The van der Waals surface area contributed by atoms with Gasteiger partial charge in [-0.25, -0.2) is 8.42 Å². The summed E-state index contributed by atoms with van der Waals surface area (Å²) in [6.07, 6.45) is 4.18. The number of sulfonamides is 1. The molecule has 0 saturated carbocycles. The zero-order chi connectivity index (χ0) is 14.8. The smallest absolute Gasteiger partial charge is 0.255 e. The van der Waals surface area contributed by atoms with Crippen LogP contribution in [0.1, 0.15) is 29.6 Å². The van der Waals surface area contributed by atoms with Gasteiger partial charge in [0.15, 0.2) is 0 Å². The third kappa shape index (κ3) is 3.86. The number of hydrogen-bond acceptors (Lipinski definition) is 3. The highest BCUT2D eigenvalue weighted by atomic mass is 35.5. The molecule has 0 aromatic heterocycles. The molecular weight excluding hydrogens is 300 g/mol. The molecule has 1 aliphatic heterocycles. The quantitative estimate of drug-likeness (QED) is 0.930. The van der Waals surface area contributed by atoms with Crippen LogP contribution in [0.3, 0.4) is 0 Å². The fraction of sp³-hybridized carbons (Fsp3) is 0.462. The Labute approximate surface area is 124 Å². The standard InChI is InChI=1S/C13H17ClN2O3S/c1-20(18,19)15-10-5-6-12(14)11(9-10)13(17)16-7-3-2-4-8-16/h5-6,9,15H,2-4,7-8H2,1H3. The Morgan fingerprint density at radius 3 is 2.50 bits per heavy atom. The number of carbonyl (C=O) groups excluding carboxylic acids is 1. The van der Waals surface area contributed by atoms with Crippen molar-refractivity contribution in [2.24, 2.45) is 0 Å². The third-order valence-corrected chi connectivity index (χ3v) is 4.08. The van der Waals surface area contributed by atoms with Crippen molar-refractivity contribution in [2.75, 3.05) is 24.1 Å². The van der Waals surface area contributed by atoms with Crippen molar-refractivity contribution < 1.29 is 13.2 Å². The maximum atomic E-state index is 12.4. The van der Waals surface area contributed by atoms with Crippen molar-refractivity contribution in [3.8, 4) is 0 Å². The molecule has 0 aliphatic carbocycles. The maximum absolute atomic E-state index is 12.4. The average molecular weight is 317 g/mol. The van der Waals surface area contributed by atoms with Crippen LogP contribution in [0.15, 0.2) is 18.2 Å². The van der Waals surface area contributed by atoms with E-state index in [2.05, 4.69) is 4.72 Å². The topological polar surface area (TPSA) is 66.5 Å². The Balaban J connectivity index is 2.25. The highest BCUT2D eigenvalue weighted by Gasteiger charge is 2.21. The van der Waals surface area contributed by atoms with E-state index < -0.39 is 10.0 Å². The maximum Gasteiger partial charge on any atom is 0.255 e. The first-order valence-corrected chi connectivity index (χ1v) is 8.70. The number of rotatable bonds is 3. The van der Waals surface area contributed by atoms with Gasteiger partial charge in [0.2, 0.25) is 10.0 Å². The molecule has 0 unspecified atom stereocenters. The Kier molecular flexibility index (Phi) is 4.55. The van der Waals surface area contributed by atoms with Gasteiger partial charge in [0.1, 0.15) is 0 Å². The van der Waals surface area contributed by atoms with E-state index in [0.717, 1.165) is 38.6 Å². The van der Waals surface area contributed by atoms with Gasteiger partial charge >= 0.3 is 0 Å². The van der Waals surface area contributed by atoms with E-state index in [9.17, 15) is 13.2 Å². The summed E-state index contributed by atoms with van der Waals surface area (Å²) in [5.74, 6) is -0.146. The lowest BCUT2D eigenvalue weighted by atomic mass is 10.1. The molecule has 1 heterocycles. The SMILES string of the molecule is CS(=O)(=O)Nc1ccc(Cl)c(C(=O)N2CCCCC2)c1. The molecule has 110 valence electrons.